The van der Waals surface area contributed by atoms with Crippen LogP contribution in [0.15, 0.2) is 12.7 Å². The summed E-state index contributed by atoms with van der Waals surface area (Å²) < 4.78 is 0. The van der Waals surface area contributed by atoms with Crippen LogP contribution in [0.3, 0.4) is 0 Å². The van der Waals surface area contributed by atoms with Gasteiger partial charge in [-0.1, -0.05) is 32.3 Å². The molecule has 0 amide bonds. The summed E-state index contributed by atoms with van der Waals surface area (Å²) in [5.41, 5.74) is 0. The van der Waals surface area contributed by atoms with Gasteiger partial charge in [-0.05, 0) is 19.3 Å². The lowest BCUT2D eigenvalue weighted by Gasteiger charge is -1.93. The van der Waals surface area contributed by atoms with Crippen molar-refractivity contribution in [2.75, 3.05) is 0 Å². The summed E-state index contributed by atoms with van der Waals surface area (Å²) in [6.07, 6.45) is 11.2. The second-order valence-corrected chi connectivity index (χ2v) is 2.20. The molecule has 0 bridgehead atoms. The Morgan fingerprint density at radius 3 is 2.78 bits per heavy atom. The second-order valence-electron chi connectivity index (χ2n) is 2.20. The Bertz CT molecular complexity index is 55.1. The average molecular weight is 124 g/mol. The van der Waals surface area contributed by atoms with Gasteiger partial charge in [-0.15, -0.1) is 6.58 Å². The first-order chi connectivity index (χ1) is 4.41. The Morgan fingerprint density at radius 2 is 2.22 bits per heavy atom. The van der Waals surface area contributed by atoms with Crippen LogP contribution in [0.2, 0.25) is 0 Å². The zero-order valence-corrected chi connectivity index (χ0v) is 6.32. The smallest absolute Gasteiger partial charge is 0.0133 e. The largest absolute Gasteiger partial charge is 0.103 e. The van der Waals surface area contributed by atoms with E-state index in [9.17, 15) is 0 Å². The molecule has 0 aliphatic heterocycles. The molecule has 0 heteroatoms. The molecule has 0 rings (SSSR count). The highest BCUT2D eigenvalue weighted by atomic mass is 13.9. The third-order valence-corrected chi connectivity index (χ3v) is 1.25. The van der Waals surface area contributed by atoms with Gasteiger partial charge >= 0.3 is 0 Å². The van der Waals surface area contributed by atoms with Crippen LogP contribution in [-0.4, -0.2) is 0 Å². The van der Waals surface area contributed by atoms with Crippen molar-refractivity contribution in [3.63, 3.8) is 0 Å². The van der Waals surface area contributed by atoms with Crippen molar-refractivity contribution in [1.29, 1.82) is 0 Å². The first-order valence-electron chi connectivity index (χ1n) is 3.73. The number of allylic oxidation sites excluding steroid dienone is 1. The first kappa shape index (κ1) is 8.74. The molecule has 0 aliphatic rings. The number of rotatable bonds is 6. The predicted molar refractivity (Wildman–Crippen MR) is 42.2 cm³/mol. The maximum Gasteiger partial charge on any atom is -0.0133 e. The van der Waals surface area contributed by atoms with Gasteiger partial charge in [-0.2, -0.15) is 0 Å². The minimum atomic E-state index is 0.948. The molecule has 0 fully saturated rings. The van der Waals surface area contributed by atoms with Crippen LogP contribution in [0, 0.1) is 6.42 Å². The summed E-state index contributed by atoms with van der Waals surface area (Å²) in [5.74, 6) is 0. The zero-order valence-electron chi connectivity index (χ0n) is 6.32. The van der Waals surface area contributed by atoms with E-state index in [4.69, 9.17) is 0 Å². The van der Waals surface area contributed by atoms with Gasteiger partial charge in [0, 0.05) is 0 Å². The first-order valence-corrected chi connectivity index (χ1v) is 3.73. The Morgan fingerprint density at radius 1 is 1.44 bits per heavy atom. The van der Waals surface area contributed by atoms with E-state index in [1.807, 2.05) is 6.08 Å². The van der Waals surface area contributed by atoms with Crippen LogP contribution in [-0.2, 0) is 0 Å². The van der Waals surface area contributed by atoms with Gasteiger partial charge in [-0.25, -0.2) is 0 Å². The van der Waals surface area contributed by atoms with Crippen LogP contribution in [0.1, 0.15) is 39.0 Å². The zero-order chi connectivity index (χ0) is 6.95. The average Bonchev–Trinajstić information content (AvgIpc) is 1.89. The van der Waals surface area contributed by atoms with E-state index in [2.05, 4.69) is 19.9 Å². The highest BCUT2D eigenvalue weighted by Crippen LogP contribution is 2.03. The SMILES string of the molecule is C=CC[C]CCCCC. The van der Waals surface area contributed by atoms with E-state index < -0.39 is 0 Å². The molecule has 0 aromatic rings. The fourth-order valence-corrected chi connectivity index (χ4v) is 0.704. The Labute approximate surface area is 59.0 Å². The van der Waals surface area contributed by atoms with E-state index >= 15 is 0 Å². The van der Waals surface area contributed by atoms with Crippen LogP contribution in [0.5, 0.6) is 0 Å². The fraction of sp³-hybridized carbons (Fsp3) is 0.667. The highest BCUT2D eigenvalue weighted by molar-refractivity contribution is 4.77. The summed E-state index contributed by atoms with van der Waals surface area (Å²) in [4.78, 5) is 0. The minimum absolute atomic E-state index is 0.948. The van der Waals surface area contributed by atoms with Gasteiger partial charge in [0.2, 0.25) is 0 Å². The maximum atomic E-state index is 3.62. The van der Waals surface area contributed by atoms with Crippen molar-refractivity contribution in [3.8, 4) is 0 Å². The number of hydrogen-bond donors (Lipinski definition) is 0. The molecule has 0 N–H and O–H groups in total. The molecular weight excluding hydrogens is 108 g/mol. The molecule has 0 spiro atoms. The van der Waals surface area contributed by atoms with E-state index in [-0.39, 0.29) is 0 Å². The quantitative estimate of drug-likeness (QED) is 0.376. The summed E-state index contributed by atoms with van der Waals surface area (Å²) in [6.45, 7) is 5.83. The summed E-state index contributed by atoms with van der Waals surface area (Å²) in [7, 11) is 0. The molecule has 0 atom stereocenters. The van der Waals surface area contributed by atoms with Gasteiger partial charge in [-0.3, -0.25) is 0 Å². The molecule has 0 aliphatic carbocycles. The molecular formula is C9H16. The Kier molecular flexibility index (Phi) is 7.52. The molecule has 0 aromatic carbocycles. The molecule has 2 radical (unpaired) electrons. The maximum absolute atomic E-state index is 3.62. The Hall–Kier alpha value is -0.260. The standard InChI is InChI=1S/C9H16/c1-3-5-7-9-8-6-4-2/h3H,1,4-6,8-9H2,2H3. The number of unbranched alkanes of at least 4 members (excludes halogenated alkanes) is 5. The molecule has 0 aromatic heterocycles. The van der Waals surface area contributed by atoms with Crippen LogP contribution in [0.25, 0.3) is 0 Å². The molecule has 0 nitrogen and oxygen atoms in total. The van der Waals surface area contributed by atoms with Crippen molar-refractivity contribution in [2.24, 2.45) is 0 Å². The molecule has 0 heterocycles. The van der Waals surface area contributed by atoms with Crippen molar-refractivity contribution in [1.82, 2.24) is 0 Å². The van der Waals surface area contributed by atoms with Crippen molar-refractivity contribution < 1.29 is 0 Å². The van der Waals surface area contributed by atoms with Crippen molar-refractivity contribution in [2.45, 2.75) is 39.0 Å². The van der Waals surface area contributed by atoms with Gasteiger partial charge in [0.25, 0.3) is 0 Å². The highest BCUT2D eigenvalue weighted by Gasteiger charge is 1.85. The summed E-state index contributed by atoms with van der Waals surface area (Å²) in [6, 6.07) is 0. The van der Waals surface area contributed by atoms with Crippen LogP contribution in [0.4, 0.5) is 0 Å². The molecule has 0 saturated carbocycles. The van der Waals surface area contributed by atoms with E-state index in [0.29, 0.717) is 0 Å². The van der Waals surface area contributed by atoms with Gasteiger partial charge in [0.1, 0.15) is 0 Å². The monoisotopic (exact) mass is 124 g/mol. The van der Waals surface area contributed by atoms with E-state index in [1.54, 1.807) is 0 Å². The van der Waals surface area contributed by atoms with Gasteiger partial charge in [0.05, 0.1) is 0 Å². The third kappa shape index (κ3) is 7.74. The Balaban J connectivity index is 2.66. The lowest BCUT2D eigenvalue weighted by Crippen LogP contribution is -1.75. The number of hydrogen-bond acceptors (Lipinski definition) is 0. The minimum Gasteiger partial charge on any atom is -0.103 e. The van der Waals surface area contributed by atoms with Crippen molar-refractivity contribution in [3.05, 3.63) is 19.1 Å². The molecule has 9 heavy (non-hydrogen) atoms. The lowest BCUT2D eigenvalue weighted by molar-refractivity contribution is 0.704. The fourth-order valence-electron chi connectivity index (χ4n) is 0.704. The predicted octanol–water partition coefficient (Wildman–Crippen LogP) is 3.22. The van der Waals surface area contributed by atoms with Gasteiger partial charge in [0.15, 0.2) is 0 Å². The summed E-state index contributed by atoms with van der Waals surface area (Å²) in [5, 5.41) is 0. The van der Waals surface area contributed by atoms with E-state index in [0.717, 1.165) is 12.8 Å². The van der Waals surface area contributed by atoms with Crippen molar-refractivity contribution >= 4 is 0 Å². The summed E-state index contributed by atoms with van der Waals surface area (Å²) >= 11 is 0. The molecule has 52 valence electrons. The topological polar surface area (TPSA) is 0 Å². The molecule has 0 saturated heterocycles. The molecule has 0 unspecified atom stereocenters. The normalized spacial score (nSPS) is 9.44. The van der Waals surface area contributed by atoms with Crippen LogP contribution >= 0.6 is 0 Å². The van der Waals surface area contributed by atoms with E-state index in [1.165, 1.54) is 19.3 Å². The van der Waals surface area contributed by atoms with Crippen LogP contribution < -0.4 is 0 Å². The van der Waals surface area contributed by atoms with Gasteiger partial charge < -0.3 is 0 Å². The lowest BCUT2D eigenvalue weighted by atomic mass is 10.1. The third-order valence-electron chi connectivity index (χ3n) is 1.25. The second kappa shape index (κ2) is 7.74.